The maximum Gasteiger partial charge on any atom is 0.304 e. The number of carbonyl (C=O) groups excluding carboxylic acids is 2. The molecule has 7 nitrogen and oxygen atoms in total. The van der Waals surface area contributed by atoms with E-state index in [1.54, 1.807) is 31.0 Å². The molecule has 168 valence electrons. The predicted octanol–water partition coefficient (Wildman–Crippen LogP) is 3.03. The van der Waals surface area contributed by atoms with Gasteiger partial charge in [-0.15, -0.1) is 10.1 Å². The summed E-state index contributed by atoms with van der Waals surface area (Å²) < 4.78 is 12.4. The Morgan fingerprint density at radius 3 is 2.33 bits per heavy atom. The van der Waals surface area contributed by atoms with Crippen LogP contribution in [-0.4, -0.2) is 43.0 Å². The predicted molar refractivity (Wildman–Crippen MR) is 125 cm³/mol. The van der Waals surface area contributed by atoms with Crippen molar-refractivity contribution in [2.75, 3.05) is 14.2 Å². The second-order valence-corrected chi connectivity index (χ2v) is 7.79. The lowest BCUT2D eigenvalue weighted by molar-refractivity contribution is -0.596. The Bertz CT molecular complexity index is 1190. The van der Waals surface area contributed by atoms with Crippen LogP contribution < -0.4 is 20.2 Å². The third-order valence-electron chi connectivity index (χ3n) is 5.61. The van der Waals surface area contributed by atoms with E-state index in [-0.39, 0.29) is 11.8 Å². The second-order valence-electron chi connectivity index (χ2n) is 7.79. The molecule has 1 heterocycles. The van der Waals surface area contributed by atoms with Gasteiger partial charge in [0.15, 0.2) is 6.04 Å². The molecule has 2 amide bonds. The Kier molecular flexibility index (Phi) is 6.40. The van der Waals surface area contributed by atoms with Gasteiger partial charge in [-0.2, -0.15) is 0 Å². The zero-order valence-electron chi connectivity index (χ0n) is 18.7. The monoisotopic (exact) mass is 444 g/mol. The van der Waals surface area contributed by atoms with E-state index < -0.39 is 12.1 Å². The Hall–Kier alpha value is -4.13. The van der Waals surface area contributed by atoms with E-state index in [0.717, 1.165) is 16.7 Å². The van der Waals surface area contributed by atoms with Crippen molar-refractivity contribution in [3.63, 3.8) is 0 Å². The van der Waals surface area contributed by atoms with E-state index >= 15 is 0 Å². The molecule has 1 aliphatic heterocycles. The molecule has 4 rings (SSSR count). The van der Waals surface area contributed by atoms with E-state index in [2.05, 4.69) is 10.7 Å². The van der Waals surface area contributed by atoms with Gasteiger partial charge in [0.1, 0.15) is 11.5 Å². The average Bonchev–Trinajstić information content (AvgIpc) is 3.14. The van der Waals surface area contributed by atoms with Crippen LogP contribution in [0, 0.1) is 6.92 Å². The van der Waals surface area contributed by atoms with Gasteiger partial charge in [-0.05, 0) is 55.5 Å². The number of hydrogen-bond acceptors (Lipinski definition) is 4. The minimum absolute atomic E-state index is 0.303. The number of para-hydroxylation sites is 1. The van der Waals surface area contributed by atoms with Crippen molar-refractivity contribution in [1.29, 1.82) is 0 Å². The third kappa shape index (κ3) is 4.72. The molecule has 0 saturated carbocycles. The van der Waals surface area contributed by atoms with Crippen LogP contribution in [0.25, 0.3) is 0 Å². The average molecular weight is 445 g/mol. The molecule has 2 atom stereocenters. The minimum Gasteiger partial charge on any atom is -0.497 e. The molecule has 7 heteroatoms. The van der Waals surface area contributed by atoms with Gasteiger partial charge in [0.25, 0.3) is 5.91 Å². The van der Waals surface area contributed by atoms with E-state index in [1.165, 1.54) is 0 Å². The Labute approximate surface area is 192 Å². The SMILES string of the molecule is COc1ccc([C@@H]2[C@H](NC(=O)c3ccc(C)cc3)C(=O)N/[N+]2=C\c2ccccc2OC)cc1. The number of rotatable bonds is 6. The first-order valence-corrected chi connectivity index (χ1v) is 10.6. The molecule has 33 heavy (non-hydrogen) atoms. The molecule has 0 aliphatic carbocycles. The lowest BCUT2D eigenvalue weighted by atomic mass is 9.99. The van der Waals surface area contributed by atoms with Gasteiger partial charge >= 0.3 is 5.91 Å². The van der Waals surface area contributed by atoms with Gasteiger partial charge in [-0.3, -0.25) is 9.59 Å². The standard InChI is InChI=1S/C26H25N3O4/c1-17-8-10-19(11-9-17)25(30)27-23-24(18-12-14-21(32-2)15-13-18)29(28-26(23)31)16-20-6-4-5-7-22(20)33-3/h4-16,23-24H,1-3H3,(H-,27,28,30,31)/p+1/b29-16-/t23-,24+/m0/s1. The highest BCUT2D eigenvalue weighted by molar-refractivity contribution is 5.98. The van der Waals surface area contributed by atoms with Crippen LogP contribution in [0.5, 0.6) is 11.5 Å². The third-order valence-corrected chi connectivity index (χ3v) is 5.61. The fourth-order valence-corrected chi connectivity index (χ4v) is 3.83. The number of hydrazine groups is 1. The van der Waals surface area contributed by atoms with Crippen LogP contribution in [0.4, 0.5) is 0 Å². The van der Waals surface area contributed by atoms with Gasteiger partial charge in [0.2, 0.25) is 12.3 Å². The molecule has 3 aromatic carbocycles. The smallest absolute Gasteiger partial charge is 0.304 e. The summed E-state index contributed by atoms with van der Waals surface area (Å²) in [5.41, 5.74) is 6.07. The van der Waals surface area contributed by atoms with Gasteiger partial charge in [0, 0.05) is 11.1 Å². The number of hydrogen-bond donors (Lipinski definition) is 2. The molecule has 0 bridgehead atoms. The quantitative estimate of drug-likeness (QED) is 0.573. The minimum atomic E-state index is -0.807. The number of carbonyl (C=O) groups is 2. The number of benzene rings is 3. The number of ether oxygens (including phenoxy) is 2. The van der Waals surface area contributed by atoms with Crippen LogP contribution in [0.1, 0.15) is 33.1 Å². The van der Waals surface area contributed by atoms with Crippen molar-refractivity contribution in [3.8, 4) is 11.5 Å². The lowest BCUT2D eigenvalue weighted by Crippen LogP contribution is -2.42. The first kappa shape index (κ1) is 22.1. The first-order valence-electron chi connectivity index (χ1n) is 10.6. The maximum atomic E-state index is 13.0. The Morgan fingerprint density at radius 1 is 0.970 bits per heavy atom. The summed E-state index contributed by atoms with van der Waals surface area (Å²) in [6, 6.07) is 20.9. The zero-order valence-corrected chi connectivity index (χ0v) is 18.7. The van der Waals surface area contributed by atoms with Gasteiger partial charge in [-0.1, -0.05) is 29.8 Å². The normalized spacial score (nSPS) is 18.6. The molecular weight excluding hydrogens is 418 g/mol. The summed E-state index contributed by atoms with van der Waals surface area (Å²) >= 11 is 0. The van der Waals surface area contributed by atoms with Gasteiger partial charge in [-0.25, -0.2) is 0 Å². The summed E-state index contributed by atoms with van der Waals surface area (Å²) in [4.78, 5) is 26.0. The van der Waals surface area contributed by atoms with Crippen LogP contribution in [-0.2, 0) is 4.79 Å². The van der Waals surface area contributed by atoms with Crippen molar-refractivity contribution in [2.45, 2.75) is 19.0 Å². The molecule has 0 aromatic heterocycles. The number of methoxy groups -OCH3 is 2. The van der Waals surface area contributed by atoms with Gasteiger partial charge < -0.3 is 14.8 Å². The van der Waals surface area contributed by atoms with Crippen LogP contribution >= 0.6 is 0 Å². The van der Waals surface area contributed by atoms with E-state index in [4.69, 9.17) is 9.47 Å². The summed E-state index contributed by atoms with van der Waals surface area (Å²) in [7, 11) is 3.20. The van der Waals surface area contributed by atoms with Crippen molar-refractivity contribution in [1.82, 2.24) is 10.7 Å². The molecule has 1 fully saturated rings. The number of hydrazone groups is 1. The summed E-state index contributed by atoms with van der Waals surface area (Å²) in [5.74, 6) is 0.763. The highest BCUT2D eigenvalue weighted by Crippen LogP contribution is 2.28. The maximum absolute atomic E-state index is 13.0. The number of amides is 2. The Balaban J connectivity index is 1.72. The van der Waals surface area contributed by atoms with Crippen molar-refractivity contribution < 1.29 is 23.7 Å². The number of nitrogens with zero attached hydrogens (tertiary/aromatic N) is 1. The van der Waals surface area contributed by atoms with Crippen LogP contribution in [0.15, 0.2) is 72.8 Å². The molecule has 3 aromatic rings. The Morgan fingerprint density at radius 2 is 1.67 bits per heavy atom. The van der Waals surface area contributed by atoms with Crippen molar-refractivity contribution in [2.24, 2.45) is 0 Å². The molecule has 2 N–H and O–H groups in total. The van der Waals surface area contributed by atoms with Crippen molar-refractivity contribution in [3.05, 3.63) is 95.1 Å². The molecule has 1 saturated heterocycles. The zero-order chi connectivity index (χ0) is 23.4. The van der Waals surface area contributed by atoms with Crippen LogP contribution in [0.3, 0.4) is 0 Å². The molecule has 1 aliphatic rings. The fourth-order valence-electron chi connectivity index (χ4n) is 3.83. The summed E-state index contributed by atoms with van der Waals surface area (Å²) in [5, 5.41) is 2.91. The molecule has 0 unspecified atom stereocenters. The molecule has 0 spiro atoms. The summed E-state index contributed by atoms with van der Waals surface area (Å²) in [6.45, 7) is 1.96. The highest BCUT2D eigenvalue weighted by atomic mass is 16.5. The fraction of sp³-hybridized carbons (Fsp3) is 0.192. The first-order chi connectivity index (χ1) is 16.0. The topological polar surface area (TPSA) is 79.7 Å². The largest absolute Gasteiger partial charge is 0.497 e. The second kappa shape index (κ2) is 9.56. The molecule has 0 radical (unpaired) electrons. The lowest BCUT2D eigenvalue weighted by Gasteiger charge is -2.15. The van der Waals surface area contributed by atoms with E-state index in [1.807, 2.05) is 73.8 Å². The van der Waals surface area contributed by atoms with Crippen LogP contribution in [0.2, 0.25) is 0 Å². The van der Waals surface area contributed by atoms with E-state index in [9.17, 15) is 9.59 Å². The number of aryl methyl sites for hydroxylation is 1. The highest BCUT2D eigenvalue weighted by Gasteiger charge is 2.48. The van der Waals surface area contributed by atoms with Crippen molar-refractivity contribution >= 4 is 18.0 Å². The number of nitrogens with one attached hydrogen (secondary N) is 2. The summed E-state index contributed by atoms with van der Waals surface area (Å²) in [6.07, 6.45) is 1.81. The van der Waals surface area contributed by atoms with E-state index in [0.29, 0.717) is 17.1 Å². The molecular formula is C26H26N3O4+. The van der Waals surface area contributed by atoms with Gasteiger partial charge in [0.05, 0.1) is 19.8 Å².